The smallest absolute Gasteiger partial charge is 0.127 e. The molecule has 0 spiro atoms. The Morgan fingerprint density at radius 2 is 1.47 bits per heavy atom. The molecule has 2 unspecified atom stereocenters. The van der Waals surface area contributed by atoms with Gasteiger partial charge in [0.25, 0.3) is 0 Å². The van der Waals surface area contributed by atoms with Crippen LogP contribution in [0.2, 0.25) is 0 Å². The molecule has 2 N–H and O–H groups in total. The summed E-state index contributed by atoms with van der Waals surface area (Å²) in [5, 5.41) is 7.57. The Morgan fingerprint density at radius 3 is 1.97 bits per heavy atom. The van der Waals surface area contributed by atoms with Crippen LogP contribution in [0.3, 0.4) is 0 Å². The monoisotopic (exact) mass is 532 g/mol. The van der Waals surface area contributed by atoms with E-state index in [9.17, 15) is 0 Å². The molecule has 1 saturated heterocycles. The normalized spacial score (nSPS) is 20.4. The van der Waals surface area contributed by atoms with Gasteiger partial charge in [-0.3, -0.25) is 9.80 Å². The maximum Gasteiger partial charge on any atom is 0.127 e. The number of nitrogens with one attached hydrogen (secondary N) is 2. The summed E-state index contributed by atoms with van der Waals surface area (Å²) in [5.41, 5.74) is 1.26. The van der Waals surface area contributed by atoms with Crippen molar-refractivity contribution in [3.63, 3.8) is 0 Å². The molecule has 1 fully saturated rings. The first kappa shape index (κ1) is 32.9. The number of ether oxygens (including phenoxy) is 2. The average Bonchev–Trinajstić information content (AvgIpc) is 2.92. The van der Waals surface area contributed by atoms with Crippen molar-refractivity contribution in [3.05, 3.63) is 23.8 Å². The lowest BCUT2D eigenvalue weighted by Gasteiger charge is -2.48. The van der Waals surface area contributed by atoms with Crippen LogP contribution in [0.5, 0.6) is 11.5 Å². The lowest BCUT2D eigenvalue weighted by atomic mass is 9.93. The van der Waals surface area contributed by atoms with E-state index in [1.54, 1.807) is 14.2 Å². The van der Waals surface area contributed by atoms with Gasteiger partial charge >= 0.3 is 0 Å². The second kappa shape index (κ2) is 18.1. The molecule has 6 nitrogen and oxygen atoms in total. The molecule has 38 heavy (non-hydrogen) atoms. The molecule has 2 rings (SSSR count). The van der Waals surface area contributed by atoms with Crippen LogP contribution in [0.25, 0.3) is 0 Å². The van der Waals surface area contributed by atoms with Crippen molar-refractivity contribution in [1.82, 2.24) is 20.4 Å². The number of hydrogen-bond acceptors (Lipinski definition) is 6. The average molecular weight is 533 g/mol. The van der Waals surface area contributed by atoms with Crippen molar-refractivity contribution in [2.24, 2.45) is 11.8 Å². The predicted octanol–water partition coefficient (Wildman–Crippen LogP) is 6.15. The summed E-state index contributed by atoms with van der Waals surface area (Å²) < 4.78 is 10.9. The zero-order valence-electron chi connectivity index (χ0n) is 25.9. The molecule has 1 aliphatic rings. The van der Waals surface area contributed by atoms with E-state index in [0.29, 0.717) is 0 Å². The van der Waals surface area contributed by atoms with E-state index in [-0.39, 0.29) is 5.54 Å². The Labute approximate surface area is 235 Å². The largest absolute Gasteiger partial charge is 0.497 e. The van der Waals surface area contributed by atoms with Crippen molar-refractivity contribution in [1.29, 1.82) is 0 Å². The number of nitrogens with zero attached hydrogens (tertiary/aromatic N) is 2. The van der Waals surface area contributed by atoms with Crippen LogP contribution in [0.1, 0.15) is 91.5 Å². The Kier molecular flexibility index (Phi) is 15.6. The minimum atomic E-state index is 0.101. The Hall–Kier alpha value is -1.34. The Bertz CT molecular complexity index is 733. The lowest BCUT2D eigenvalue weighted by Crippen LogP contribution is -2.65. The fourth-order valence-corrected chi connectivity index (χ4v) is 6.01. The zero-order chi connectivity index (χ0) is 27.8. The minimum Gasteiger partial charge on any atom is -0.497 e. The first-order chi connectivity index (χ1) is 18.4. The molecule has 6 heteroatoms. The molecule has 1 aromatic rings. The maximum absolute atomic E-state index is 5.56. The van der Waals surface area contributed by atoms with Crippen LogP contribution >= 0.6 is 0 Å². The summed E-state index contributed by atoms with van der Waals surface area (Å²) >= 11 is 0. The quantitative estimate of drug-likeness (QED) is 0.197. The summed E-state index contributed by atoms with van der Waals surface area (Å²) in [7, 11) is 3.41. The molecule has 0 aromatic heterocycles. The van der Waals surface area contributed by atoms with E-state index in [2.05, 4.69) is 61.1 Å². The molecule has 1 aromatic carbocycles. The van der Waals surface area contributed by atoms with E-state index < -0.39 is 0 Å². The van der Waals surface area contributed by atoms with Crippen LogP contribution in [-0.4, -0.2) is 75.5 Å². The highest BCUT2D eigenvalue weighted by Crippen LogP contribution is 2.25. The molecule has 1 aliphatic heterocycles. The van der Waals surface area contributed by atoms with Crippen molar-refractivity contribution in [2.45, 2.75) is 98.1 Å². The molecule has 220 valence electrons. The van der Waals surface area contributed by atoms with Gasteiger partial charge in [-0.1, -0.05) is 72.3 Å². The van der Waals surface area contributed by atoms with Gasteiger partial charge in [-0.05, 0) is 37.7 Å². The van der Waals surface area contributed by atoms with E-state index >= 15 is 0 Å². The van der Waals surface area contributed by atoms with Crippen LogP contribution in [0.4, 0.5) is 0 Å². The van der Waals surface area contributed by atoms with Crippen molar-refractivity contribution in [3.8, 4) is 11.5 Å². The van der Waals surface area contributed by atoms with Gasteiger partial charge in [-0.15, -0.1) is 0 Å². The molecule has 2 atom stereocenters. The highest BCUT2D eigenvalue weighted by Gasteiger charge is 2.35. The second-order valence-electron chi connectivity index (χ2n) is 11.8. The third-order valence-corrected chi connectivity index (χ3v) is 8.33. The van der Waals surface area contributed by atoms with Crippen molar-refractivity contribution >= 4 is 0 Å². The second-order valence-corrected chi connectivity index (χ2v) is 11.8. The Balaban J connectivity index is 1.96. The highest BCUT2D eigenvalue weighted by atomic mass is 16.5. The summed E-state index contributed by atoms with van der Waals surface area (Å²) in [5.74, 6) is 3.31. The van der Waals surface area contributed by atoms with Crippen LogP contribution in [-0.2, 0) is 6.54 Å². The first-order valence-electron chi connectivity index (χ1n) is 15.5. The van der Waals surface area contributed by atoms with Crippen molar-refractivity contribution < 1.29 is 9.47 Å². The highest BCUT2D eigenvalue weighted by molar-refractivity contribution is 5.40. The molecule has 0 amide bonds. The fourth-order valence-electron chi connectivity index (χ4n) is 6.01. The molecular weight excluding hydrogens is 472 g/mol. The predicted molar refractivity (Wildman–Crippen MR) is 162 cm³/mol. The molecular formula is C32H60N4O2. The number of unbranched alkanes of at least 4 members (excludes halogenated alkanes) is 2. The first-order valence-corrected chi connectivity index (χ1v) is 15.5. The van der Waals surface area contributed by atoms with Crippen LogP contribution in [0.15, 0.2) is 18.2 Å². The van der Waals surface area contributed by atoms with Crippen LogP contribution < -0.4 is 20.1 Å². The maximum atomic E-state index is 5.56. The third-order valence-electron chi connectivity index (χ3n) is 8.33. The van der Waals surface area contributed by atoms with Gasteiger partial charge in [-0.25, -0.2) is 0 Å². The topological polar surface area (TPSA) is 49.0 Å². The Morgan fingerprint density at radius 1 is 0.868 bits per heavy atom. The summed E-state index contributed by atoms with van der Waals surface area (Å²) in [4.78, 5) is 5.50. The van der Waals surface area contributed by atoms with E-state index in [1.807, 2.05) is 12.1 Å². The van der Waals surface area contributed by atoms with E-state index in [1.165, 1.54) is 64.5 Å². The van der Waals surface area contributed by atoms with Gasteiger partial charge in [0.1, 0.15) is 11.5 Å². The molecule has 0 radical (unpaired) electrons. The zero-order valence-corrected chi connectivity index (χ0v) is 25.9. The fraction of sp³-hybridized carbons (Fsp3) is 0.812. The van der Waals surface area contributed by atoms with E-state index in [4.69, 9.17) is 9.47 Å². The number of rotatable bonds is 20. The molecule has 0 aliphatic carbocycles. The van der Waals surface area contributed by atoms with Gasteiger partial charge in [0.15, 0.2) is 0 Å². The van der Waals surface area contributed by atoms with E-state index in [0.717, 1.165) is 68.3 Å². The van der Waals surface area contributed by atoms with Gasteiger partial charge in [0.05, 0.1) is 20.9 Å². The molecule has 0 saturated carbocycles. The van der Waals surface area contributed by atoms with Gasteiger partial charge in [0.2, 0.25) is 0 Å². The number of hydrogen-bond donors (Lipinski definition) is 2. The minimum absolute atomic E-state index is 0.101. The number of benzene rings is 1. The van der Waals surface area contributed by atoms with Gasteiger partial charge in [0, 0.05) is 63.0 Å². The summed E-state index contributed by atoms with van der Waals surface area (Å²) in [6, 6.07) is 6.04. The van der Waals surface area contributed by atoms with Gasteiger partial charge < -0.3 is 20.1 Å². The standard InChI is InChI=1S/C32H60N4O2/c1-8-12-14-27(10-3)22-35-24-32(5,25-36(26-35)23-28(11-4)15-13-9-2)34-19-18-33-21-29-16-17-30(37-6)20-31(29)38-7/h16-17,20,27-28,33-34H,8-15,18-19,21-26H2,1-7H3. The molecule has 1 heterocycles. The summed E-state index contributed by atoms with van der Waals surface area (Å²) in [6.07, 6.45) is 10.6. The van der Waals surface area contributed by atoms with Crippen LogP contribution in [0, 0.1) is 11.8 Å². The van der Waals surface area contributed by atoms with Crippen molar-refractivity contribution in [2.75, 3.05) is 60.2 Å². The number of methoxy groups -OCH3 is 2. The SMILES string of the molecule is CCCCC(CC)CN1CN(CC(CC)CCCC)CC(C)(NCCNCc2ccc(OC)cc2OC)C1. The molecule has 0 bridgehead atoms. The summed E-state index contributed by atoms with van der Waals surface area (Å²) in [6.45, 7) is 20.3. The lowest BCUT2D eigenvalue weighted by molar-refractivity contribution is 0.00519. The van der Waals surface area contributed by atoms with Gasteiger partial charge in [-0.2, -0.15) is 0 Å². The third kappa shape index (κ3) is 11.4.